The van der Waals surface area contributed by atoms with Gasteiger partial charge in [-0.1, -0.05) is 40.7 Å². The van der Waals surface area contributed by atoms with E-state index in [0.717, 1.165) is 4.90 Å². The third kappa shape index (κ3) is 6.35. The number of cyclic esters (lactones) is 1. The second-order valence-corrected chi connectivity index (χ2v) is 15.4. The van der Waals surface area contributed by atoms with Crippen molar-refractivity contribution in [2.24, 2.45) is 11.8 Å². The van der Waals surface area contributed by atoms with Gasteiger partial charge in [-0.3, -0.25) is 9.59 Å². The molecule has 0 saturated carbocycles. The number of carbonyl (C=O) groups excluding carboxylic acids is 3. The van der Waals surface area contributed by atoms with Crippen molar-refractivity contribution in [3.8, 4) is 11.5 Å². The Bertz CT molecular complexity index is 940. The number of ether oxygens (including phenoxy) is 3. The molecule has 10 heteroatoms. The molecule has 35 heavy (non-hydrogen) atoms. The monoisotopic (exact) mass is 509 g/mol. The fourth-order valence-electron chi connectivity index (χ4n) is 3.57. The highest BCUT2D eigenvalue weighted by atomic mass is 28.4. The largest absolute Gasteiger partial charge is 0.541 e. The van der Waals surface area contributed by atoms with Crippen molar-refractivity contribution in [3.63, 3.8) is 0 Å². The molecular weight excluding hydrogens is 470 g/mol. The van der Waals surface area contributed by atoms with Crippen LogP contribution in [0.25, 0.3) is 0 Å². The highest BCUT2D eigenvalue weighted by Gasteiger charge is 2.45. The Morgan fingerprint density at radius 2 is 1.83 bits per heavy atom. The third-order valence-electron chi connectivity index (χ3n) is 6.93. The number of nitrogens with zero attached hydrogens (tertiary/aromatic N) is 1. The summed E-state index contributed by atoms with van der Waals surface area (Å²) in [5.74, 6) is -1.75. The summed E-state index contributed by atoms with van der Waals surface area (Å²) in [6, 6.07) is 4.43. The van der Waals surface area contributed by atoms with Crippen LogP contribution in [-0.2, 0) is 19.1 Å². The fraction of sp³-hybridized carbons (Fsp3) is 0.640. The minimum atomic E-state index is -2.16. The molecule has 196 valence electrons. The molecule has 1 aliphatic rings. The van der Waals surface area contributed by atoms with Crippen molar-refractivity contribution in [2.45, 2.75) is 71.3 Å². The number of imide groups is 1. The first kappa shape index (κ1) is 28.6. The van der Waals surface area contributed by atoms with E-state index in [1.54, 1.807) is 18.2 Å². The molecule has 9 nitrogen and oxygen atoms in total. The molecule has 1 aromatic rings. The van der Waals surface area contributed by atoms with Gasteiger partial charge in [0, 0.05) is 0 Å². The quantitative estimate of drug-likeness (QED) is 0.387. The first-order valence-corrected chi connectivity index (χ1v) is 14.7. The van der Waals surface area contributed by atoms with E-state index in [1.165, 1.54) is 14.2 Å². The van der Waals surface area contributed by atoms with Crippen LogP contribution in [0, 0.1) is 11.8 Å². The number of aliphatic hydroxyl groups is 1. The van der Waals surface area contributed by atoms with Crippen LogP contribution in [0.3, 0.4) is 0 Å². The lowest BCUT2D eigenvalue weighted by molar-refractivity contribution is -0.149. The number of carbonyl (C=O) groups is 3. The molecule has 0 aliphatic carbocycles. The molecule has 0 radical (unpaired) electrons. The second-order valence-electron chi connectivity index (χ2n) is 10.7. The van der Waals surface area contributed by atoms with Crippen LogP contribution in [0.5, 0.6) is 11.5 Å². The van der Waals surface area contributed by atoms with Gasteiger partial charge < -0.3 is 23.7 Å². The summed E-state index contributed by atoms with van der Waals surface area (Å²) >= 11 is 0. The van der Waals surface area contributed by atoms with Gasteiger partial charge in [0.1, 0.15) is 12.4 Å². The van der Waals surface area contributed by atoms with E-state index in [9.17, 15) is 19.5 Å². The normalized spacial score (nSPS) is 18.2. The zero-order chi connectivity index (χ0) is 26.7. The standard InChI is InChI=1S/C25H39NO8Si/c1-15(2)18-14-33-24(30)26(18)23(29)17(13-21(27)32-7)22(28)16-10-11-19(20(12-16)31-6)34-35(8,9)25(3,4)5/h10-12,15,17-18,22,28H,13-14H2,1-9H3/t17-,18+,22+/m0/s1. The highest BCUT2D eigenvalue weighted by Crippen LogP contribution is 2.41. The van der Waals surface area contributed by atoms with Gasteiger partial charge in [0.05, 0.1) is 38.7 Å². The first-order valence-electron chi connectivity index (χ1n) is 11.8. The zero-order valence-corrected chi connectivity index (χ0v) is 23.2. The number of rotatable bonds is 9. The molecular formula is C25H39NO8Si. The van der Waals surface area contributed by atoms with Gasteiger partial charge in [0.25, 0.3) is 8.32 Å². The summed E-state index contributed by atoms with van der Waals surface area (Å²) in [6.45, 7) is 14.4. The summed E-state index contributed by atoms with van der Waals surface area (Å²) in [5.41, 5.74) is 0.348. The molecule has 0 aromatic heterocycles. The maximum atomic E-state index is 13.5. The lowest BCUT2D eigenvalue weighted by atomic mass is 9.90. The molecule has 1 aromatic carbocycles. The molecule has 1 heterocycles. The highest BCUT2D eigenvalue weighted by molar-refractivity contribution is 6.74. The van der Waals surface area contributed by atoms with Gasteiger partial charge >= 0.3 is 12.1 Å². The van der Waals surface area contributed by atoms with Crippen LogP contribution in [0.1, 0.15) is 52.7 Å². The summed E-state index contributed by atoms with van der Waals surface area (Å²) < 4.78 is 21.7. The Hall–Kier alpha value is -2.59. The SMILES string of the molecule is COC(=O)C[C@H](C(=O)N1C(=O)OC[C@@H]1C(C)C)[C@H](O)c1ccc(O[Si](C)(C)C(C)(C)C)c(OC)c1. The molecule has 0 bridgehead atoms. The third-order valence-corrected chi connectivity index (χ3v) is 11.3. The van der Waals surface area contributed by atoms with Crippen molar-refractivity contribution >= 4 is 26.3 Å². The summed E-state index contributed by atoms with van der Waals surface area (Å²) in [7, 11) is 0.532. The number of aliphatic hydroxyl groups excluding tert-OH is 1. The lowest BCUT2D eigenvalue weighted by Gasteiger charge is -2.37. The molecule has 0 spiro atoms. The van der Waals surface area contributed by atoms with Gasteiger partial charge in [-0.15, -0.1) is 0 Å². The van der Waals surface area contributed by atoms with Crippen LogP contribution >= 0.6 is 0 Å². The summed E-state index contributed by atoms with van der Waals surface area (Å²) in [5, 5.41) is 11.2. The number of hydrogen-bond donors (Lipinski definition) is 1. The van der Waals surface area contributed by atoms with Gasteiger partial charge in [-0.25, -0.2) is 9.69 Å². The average Bonchev–Trinajstić information content (AvgIpc) is 3.17. The average molecular weight is 510 g/mol. The molecule has 1 saturated heterocycles. The van der Waals surface area contributed by atoms with Crippen molar-refractivity contribution < 1.29 is 38.1 Å². The number of esters is 1. The number of hydrogen-bond acceptors (Lipinski definition) is 8. The van der Waals surface area contributed by atoms with Crippen LogP contribution in [0.2, 0.25) is 18.1 Å². The molecule has 1 fully saturated rings. The first-order chi connectivity index (χ1) is 16.1. The second kappa shape index (κ2) is 11.0. The van der Waals surface area contributed by atoms with Crippen LogP contribution < -0.4 is 9.16 Å². The van der Waals surface area contributed by atoms with E-state index in [1.807, 2.05) is 13.8 Å². The maximum Gasteiger partial charge on any atom is 0.416 e. The van der Waals surface area contributed by atoms with Crippen molar-refractivity contribution in [1.82, 2.24) is 4.90 Å². The molecule has 2 rings (SSSR count). The lowest BCUT2D eigenvalue weighted by Crippen LogP contribution is -2.46. The van der Waals surface area contributed by atoms with E-state index < -0.39 is 50.8 Å². The van der Waals surface area contributed by atoms with Crippen molar-refractivity contribution in [2.75, 3.05) is 20.8 Å². The van der Waals surface area contributed by atoms with Crippen molar-refractivity contribution in [1.29, 1.82) is 0 Å². The number of methoxy groups -OCH3 is 2. The Kier molecular flexibility index (Phi) is 8.99. The Balaban J connectivity index is 2.43. The topological polar surface area (TPSA) is 112 Å². The predicted molar refractivity (Wildman–Crippen MR) is 133 cm³/mol. The van der Waals surface area contributed by atoms with Crippen LogP contribution in [0.4, 0.5) is 4.79 Å². The minimum absolute atomic E-state index is 0.0362. The van der Waals surface area contributed by atoms with Crippen LogP contribution in [0.15, 0.2) is 18.2 Å². The Labute approximate surface area is 208 Å². The molecule has 3 atom stereocenters. The van der Waals surface area contributed by atoms with Gasteiger partial charge in [0.2, 0.25) is 5.91 Å². The van der Waals surface area contributed by atoms with E-state index in [4.69, 9.17) is 18.6 Å². The zero-order valence-electron chi connectivity index (χ0n) is 22.2. The molecule has 1 aliphatic heterocycles. The van der Waals surface area contributed by atoms with Crippen LogP contribution in [-0.4, -0.2) is 63.2 Å². The number of amides is 2. The number of benzene rings is 1. The maximum absolute atomic E-state index is 13.5. The molecule has 0 unspecified atom stereocenters. The minimum Gasteiger partial charge on any atom is -0.541 e. The summed E-state index contributed by atoms with van der Waals surface area (Å²) in [4.78, 5) is 39.0. The predicted octanol–water partition coefficient (Wildman–Crippen LogP) is 4.30. The van der Waals surface area contributed by atoms with Gasteiger partial charge in [-0.05, 0) is 41.7 Å². The van der Waals surface area contributed by atoms with Crippen molar-refractivity contribution in [3.05, 3.63) is 23.8 Å². The van der Waals surface area contributed by atoms with E-state index >= 15 is 0 Å². The van der Waals surface area contributed by atoms with E-state index in [-0.39, 0.29) is 17.6 Å². The summed E-state index contributed by atoms with van der Waals surface area (Å²) in [6.07, 6.45) is -2.60. The van der Waals surface area contributed by atoms with Gasteiger partial charge in [-0.2, -0.15) is 0 Å². The molecule has 1 N–H and O–H groups in total. The molecule has 2 amide bonds. The Morgan fingerprint density at radius 1 is 1.20 bits per heavy atom. The van der Waals surface area contributed by atoms with E-state index in [0.29, 0.717) is 17.1 Å². The fourth-order valence-corrected chi connectivity index (χ4v) is 4.59. The Morgan fingerprint density at radius 3 is 2.34 bits per heavy atom. The smallest absolute Gasteiger partial charge is 0.416 e. The van der Waals surface area contributed by atoms with E-state index in [2.05, 4.69) is 33.9 Å². The van der Waals surface area contributed by atoms with Gasteiger partial charge in [0.15, 0.2) is 5.75 Å².